The van der Waals surface area contributed by atoms with Crippen molar-refractivity contribution in [2.75, 3.05) is 29.4 Å². The number of anilines is 2. The van der Waals surface area contributed by atoms with E-state index in [9.17, 15) is 19.3 Å². The van der Waals surface area contributed by atoms with Crippen LogP contribution in [0.4, 0.5) is 21.5 Å². The molecule has 2 aliphatic heterocycles. The fraction of sp³-hybridized carbons (Fsp3) is 0.280. The van der Waals surface area contributed by atoms with Crippen LogP contribution in [0.25, 0.3) is 0 Å². The second kappa shape index (κ2) is 9.09. The molecule has 3 heterocycles. The average molecular weight is 461 g/mol. The number of nitrogens with one attached hydrogen (secondary N) is 1. The Bertz CT molecular complexity index is 1200. The molecule has 174 valence electrons. The van der Waals surface area contributed by atoms with E-state index in [1.165, 1.54) is 18.2 Å². The van der Waals surface area contributed by atoms with Gasteiger partial charge in [-0.1, -0.05) is 0 Å². The Hall–Kier alpha value is -4.01. The zero-order chi connectivity index (χ0) is 23.7. The van der Waals surface area contributed by atoms with E-state index in [1.54, 1.807) is 36.7 Å². The molecule has 9 heteroatoms. The van der Waals surface area contributed by atoms with Gasteiger partial charge >= 0.3 is 0 Å². The van der Waals surface area contributed by atoms with Crippen LogP contribution in [-0.4, -0.2) is 41.5 Å². The van der Waals surface area contributed by atoms with E-state index in [1.807, 2.05) is 12.1 Å². The normalized spacial score (nSPS) is 19.2. The summed E-state index contributed by atoms with van der Waals surface area (Å²) in [6, 6.07) is 14.9. The van der Waals surface area contributed by atoms with E-state index < -0.39 is 4.92 Å². The summed E-state index contributed by atoms with van der Waals surface area (Å²) in [6.07, 6.45) is 3.78. The minimum absolute atomic E-state index is 0.0260. The van der Waals surface area contributed by atoms with Crippen LogP contribution >= 0.6 is 0 Å². The lowest BCUT2D eigenvalue weighted by molar-refractivity contribution is -0.384. The number of rotatable bonds is 5. The Morgan fingerprint density at radius 1 is 1.12 bits per heavy atom. The number of piperazine rings is 1. The average Bonchev–Trinajstić information content (AvgIpc) is 2.87. The summed E-state index contributed by atoms with van der Waals surface area (Å²) in [4.78, 5) is 32.7. The maximum absolute atomic E-state index is 13.4. The van der Waals surface area contributed by atoms with Crippen molar-refractivity contribution >= 4 is 23.0 Å². The molecule has 2 aliphatic rings. The van der Waals surface area contributed by atoms with Crippen molar-refractivity contribution in [2.24, 2.45) is 5.92 Å². The minimum Gasteiger partial charge on any atom is -0.368 e. The van der Waals surface area contributed by atoms with E-state index in [2.05, 4.69) is 20.1 Å². The van der Waals surface area contributed by atoms with Gasteiger partial charge in [-0.15, -0.1) is 0 Å². The largest absolute Gasteiger partial charge is 0.368 e. The van der Waals surface area contributed by atoms with Gasteiger partial charge in [0.1, 0.15) is 5.82 Å². The topological polar surface area (TPSA) is 91.6 Å². The lowest BCUT2D eigenvalue weighted by Crippen LogP contribution is -2.61. The zero-order valence-electron chi connectivity index (χ0n) is 18.4. The lowest BCUT2D eigenvalue weighted by atomic mass is 9.83. The Labute approximate surface area is 196 Å². The third-order valence-electron chi connectivity index (χ3n) is 6.65. The molecule has 2 atom stereocenters. The molecule has 0 spiro atoms. The summed E-state index contributed by atoms with van der Waals surface area (Å²) < 4.78 is 13.4. The third-order valence-corrected chi connectivity index (χ3v) is 6.65. The van der Waals surface area contributed by atoms with Gasteiger partial charge in [0.15, 0.2) is 0 Å². The van der Waals surface area contributed by atoms with Crippen LogP contribution in [-0.2, 0) is 17.8 Å². The van der Waals surface area contributed by atoms with Gasteiger partial charge in [0.2, 0.25) is 5.91 Å². The second-order valence-electron chi connectivity index (χ2n) is 8.64. The molecule has 2 aromatic carbocycles. The summed E-state index contributed by atoms with van der Waals surface area (Å²) in [5, 5.41) is 14.4. The van der Waals surface area contributed by atoms with Crippen LogP contribution in [0.2, 0.25) is 0 Å². The highest BCUT2D eigenvalue weighted by molar-refractivity contribution is 5.82. The third kappa shape index (κ3) is 4.28. The highest BCUT2D eigenvalue weighted by Gasteiger charge is 2.42. The summed E-state index contributed by atoms with van der Waals surface area (Å²) >= 11 is 0. The van der Waals surface area contributed by atoms with Crippen molar-refractivity contribution in [1.82, 2.24) is 10.3 Å². The van der Waals surface area contributed by atoms with E-state index in [0.29, 0.717) is 32.6 Å². The molecule has 5 rings (SSSR count). The number of nitrogens with zero attached hydrogens (tertiary/aromatic N) is 4. The van der Waals surface area contributed by atoms with E-state index in [-0.39, 0.29) is 29.4 Å². The van der Waals surface area contributed by atoms with E-state index >= 15 is 0 Å². The number of carbonyl (C=O) groups is 1. The molecule has 0 radical (unpaired) electrons. The van der Waals surface area contributed by atoms with Crippen LogP contribution < -0.4 is 15.1 Å². The van der Waals surface area contributed by atoms with Gasteiger partial charge in [0.25, 0.3) is 5.69 Å². The molecule has 1 fully saturated rings. The molecule has 1 N–H and O–H groups in total. The molecule has 0 aliphatic carbocycles. The Kier molecular flexibility index (Phi) is 5.83. The van der Waals surface area contributed by atoms with Crippen molar-refractivity contribution in [3.8, 4) is 0 Å². The number of non-ortho nitro benzene ring substituents is 1. The van der Waals surface area contributed by atoms with Crippen LogP contribution in [0.1, 0.15) is 11.1 Å². The van der Waals surface area contributed by atoms with E-state index in [0.717, 1.165) is 22.5 Å². The summed E-state index contributed by atoms with van der Waals surface area (Å²) in [5.74, 6) is -0.770. The van der Waals surface area contributed by atoms with Crippen molar-refractivity contribution in [1.29, 1.82) is 0 Å². The first-order valence-electron chi connectivity index (χ1n) is 11.2. The van der Waals surface area contributed by atoms with Gasteiger partial charge in [-0.25, -0.2) is 4.39 Å². The number of carbonyl (C=O) groups excluding carboxylic acids is 1. The van der Waals surface area contributed by atoms with Crippen LogP contribution in [0.15, 0.2) is 67.0 Å². The monoisotopic (exact) mass is 461 g/mol. The van der Waals surface area contributed by atoms with Gasteiger partial charge in [0.05, 0.1) is 16.9 Å². The van der Waals surface area contributed by atoms with Gasteiger partial charge in [-0.2, -0.15) is 0 Å². The van der Waals surface area contributed by atoms with Gasteiger partial charge in [-0.3, -0.25) is 19.9 Å². The number of hydrogen-bond acceptors (Lipinski definition) is 6. The summed E-state index contributed by atoms with van der Waals surface area (Å²) in [6.45, 7) is 2.33. The molecule has 8 nitrogen and oxygen atoms in total. The molecule has 1 aromatic heterocycles. The molecule has 34 heavy (non-hydrogen) atoms. The van der Waals surface area contributed by atoms with Crippen LogP contribution in [0.5, 0.6) is 0 Å². The number of amides is 1. The van der Waals surface area contributed by atoms with Crippen molar-refractivity contribution in [3.63, 3.8) is 0 Å². The molecule has 0 saturated carbocycles. The fourth-order valence-electron chi connectivity index (χ4n) is 4.93. The van der Waals surface area contributed by atoms with Crippen LogP contribution in [0.3, 0.4) is 0 Å². The standard InChI is InChI=1S/C25H24FN5O3/c26-19-1-3-20(4-2-19)29-11-12-30-23-6-5-21(31(33)34)13-18(23)14-22(24(30)16-29)25(32)28-15-17-7-9-27-10-8-17/h1-10,13,22,24H,11-12,14-16H2,(H,28,32). The molecular weight excluding hydrogens is 437 g/mol. The first-order valence-corrected chi connectivity index (χ1v) is 11.2. The minimum atomic E-state index is -0.405. The predicted octanol–water partition coefficient (Wildman–Crippen LogP) is 3.31. The van der Waals surface area contributed by atoms with Crippen molar-refractivity contribution < 1.29 is 14.1 Å². The SMILES string of the molecule is O=C(NCc1ccncc1)C1Cc2cc([N+](=O)[O-])ccc2N2CCN(c3ccc(F)cc3)CC12. The van der Waals surface area contributed by atoms with Crippen LogP contribution in [0, 0.1) is 21.8 Å². The number of benzene rings is 2. The second-order valence-corrected chi connectivity index (χ2v) is 8.64. The number of nitro groups is 1. The maximum Gasteiger partial charge on any atom is 0.269 e. The van der Waals surface area contributed by atoms with E-state index in [4.69, 9.17) is 0 Å². The fourth-order valence-corrected chi connectivity index (χ4v) is 4.93. The number of fused-ring (bicyclic) bond motifs is 3. The number of halogens is 1. The molecule has 1 saturated heterocycles. The highest BCUT2D eigenvalue weighted by atomic mass is 19.1. The molecule has 1 amide bonds. The van der Waals surface area contributed by atoms with Gasteiger partial charge in [-0.05, 0) is 60.0 Å². The Balaban J connectivity index is 1.43. The number of aromatic nitrogens is 1. The molecule has 2 unspecified atom stereocenters. The number of nitro benzene ring substituents is 1. The molecular formula is C25H24FN5O3. The number of hydrogen-bond donors (Lipinski definition) is 1. The number of pyridine rings is 1. The Morgan fingerprint density at radius 2 is 1.88 bits per heavy atom. The zero-order valence-corrected chi connectivity index (χ0v) is 18.4. The Morgan fingerprint density at radius 3 is 2.62 bits per heavy atom. The molecule has 0 bridgehead atoms. The van der Waals surface area contributed by atoms with Crippen molar-refractivity contribution in [2.45, 2.75) is 19.0 Å². The van der Waals surface area contributed by atoms with Crippen molar-refractivity contribution in [3.05, 3.63) is 94.0 Å². The maximum atomic E-state index is 13.4. The first kappa shape index (κ1) is 21.8. The van der Waals surface area contributed by atoms with Gasteiger partial charge < -0.3 is 15.1 Å². The predicted molar refractivity (Wildman–Crippen MR) is 126 cm³/mol. The quantitative estimate of drug-likeness (QED) is 0.463. The molecule has 3 aromatic rings. The first-order chi connectivity index (χ1) is 16.5. The van der Waals surface area contributed by atoms with Gasteiger partial charge in [0, 0.05) is 62.1 Å². The smallest absolute Gasteiger partial charge is 0.269 e. The highest BCUT2D eigenvalue weighted by Crippen LogP contribution is 2.38. The summed E-state index contributed by atoms with van der Waals surface area (Å²) in [5.41, 5.74) is 3.63. The summed E-state index contributed by atoms with van der Waals surface area (Å²) in [7, 11) is 0. The lowest BCUT2D eigenvalue weighted by Gasteiger charge is -2.49.